The van der Waals surface area contributed by atoms with Crippen LogP contribution in [0.4, 0.5) is 24.5 Å². The molecular weight excluding hydrogens is 433 g/mol. The highest BCUT2D eigenvalue weighted by atomic mass is 19.4. The summed E-state index contributed by atoms with van der Waals surface area (Å²) in [4.78, 5) is 20.8. The van der Waals surface area contributed by atoms with E-state index in [1.807, 2.05) is 0 Å². The van der Waals surface area contributed by atoms with E-state index in [2.05, 4.69) is 22.2 Å². The van der Waals surface area contributed by atoms with Crippen molar-refractivity contribution < 1.29 is 23.1 Å². The molecule has 0 saturated heterocycles. The number of anilines is 2. The van der Waals surface area contributed by atoms with Crippen LogP contribution in [0, 0.1) is 5.92 Å². The zero-order valence-electron chi connectivity index (χ0n) is 18.9. The van der Waals surface area contributed by atoms with Crippen molar-refractivity contribution in [1.29, 1.82) is 0 Å². The van der Waals surface area contributed by atoms with Gasteiger partial charge in [0.15, 0.2) is 0 Å². The number of nitrogen functional groups attached to an aromatic ring is 1. The Bertz CT molecular complexity index is 1040. The molecule has 1 aliphatic carbocycles. The number of amides is 1. The van der Waals surface area contributed by atoms with Crippen LogP contribution in [0.1, 0.15) is 73.8 Å². The average Bonchev–Trinajstić information content (AvgIpc) is 2.73. The third kappa shape index (κ3) is 6.31. The molecule has 1 aliphatic rings. The van der Waals surface area contributed by atoms with Gasteiger partial charge in [-0.3, -0.25) is 9.79 Å². The van der Waals surface area contributed by atoms with Crippen molar-refractivity contribution in [3.8, 4) is 0 Å². The van der Waals surface area contributed by atoms with Crippen molar-refractivity contribution in [3.05, 3.63) is 52.8 Å². The fourth-order valence-corrected chi connectivity index (χ4v) is 3.84. The Balaban J connectivity index is 1.91. The Morgan fingerprint density at radius 2 is 1.88 bits per heavy atom. The highest BCUT2D eigenvalue weighted by Crippen LogP contribution is 2.33. The lowest BCUT2D eigenvalue weighted by molar-refractivity contribution is -0.141. The second kappa shape index (κ2) is 9.51. The van der Waals surface area contributed by atoms with Crippen LogP contribution in [0.3, 0.4) is 0 Å². The molecule has 0 unspecified atom stereocenters. The van der Waals surface area contributed by atoms with Crippen LogP contribution in [-0.4, -0.2) is 28.3 Å². The van der Waals surface area contributed by atoms with E-state index in [1.165, 1.54) is 19.9 Å². The number of hydrogen-bond acceptors (Lipinski definition) is 5. The summed E-state index contributed by atoms with van der Waals surface area (Å²) in [6.45, 7) is 5.27. The molecule has 3 rings (SSSR count). The summed E-state index contributed by atoms with van der Waals surface area (Å²) < 4.78 is 38.9. The molecule has 1 saturated carbocycles. The first-order valence-electron chi connectivity index (χ1n) is 10.9. The normalized spacial score (nSPS) is 19.6. The number of pyridine rings is 1. The molecule has 0 bridgehead atoms. The number of nitrogens with one attached hydrogen (secondary N) is 1. The van der Waals surface area contributed by atoms with Gasteiger partial charge in [-0.2, -0.15) is 13.2 Å². The predicted molar refractivity (Wildman–Crippen MR) is 122 cm³/mol. The number of benzene rings is 1. The Morgan fingerprint density at radius 3 is 2.48 bits per heavy atom. The summed E-state index contributed by atoms with van der Waals surface area (Å²) in [7, 11) is 0. The number of alkyl halides is 3. The van der Waals surface area contributed by atoms with Gasteiger partial charge >= 0.3 is 6.18 Å². The fraction of sp³-hybridized carbons (Fsp3) is 0.458. The largest absolute Gasteiger partial charge is 0.433 e. The number of carbonyl (C=O) groups is 1. The molecular formula is C24H29F3N4O2. The zero-order chi connectivity index (χ0) is 24.4. The van der Waals surface area contributed by atoms with Crippen molar-refractivity contribution in [2.75, 3.05) is 11.1 Å². The van der Waals surface area contributed by atoms with E-state index in [1.54, 1.807) is 18.3 Å². The van der Waals surface area contributed by atoms with Crippen molar-refractivity contribution in [2.45, 2.75) is 64.3 Å². The van der Waals surface area contributed by atoms with Crippen molar-refractivity contribution in [1.82, 2.24) is 4.98 Å². The van der Waals surface area contributed by atoms with Gasteiger partial charge < -0.3 is 16.2 Å². The Labute approximate surface area is 191 Å². The Hall–Kier alpha value is -2.94. The maximum Gasteiger partial charge on any atom is 0.433 e. The lowest BCUT2D eigenvalue weighted by Crippen LogP contribution is -2.23. The summed E-state index contributed by atoms with van der Waals surface area (Å²) in [5.74, 6) is -0.139. The SMILES string of the molecule is CC1CCC(N=Cc2cc(NC(=O)c3cccc(C(F)(F)F)n3)c(C(C)(C)O)cc2N)CC1. The van der Waals surface area contributed by atoms with Gasteiger partial charge in [0.05, 0.1) is 5.60 Å². The third-order valence-electron chi connectivity index (χ3n) is 5.81. The van der Waals surface area contributed by atoms with Gasteiger partial charge in [-0.25, -0.2) is 4.98 Å². The van der Waals surface area contributed by atoms with Gasteiger partial charge in [-0.15, -0.1) is 0 Å². The second-order valence-electron chi connectivity index (χ2n) is 9.14. The van der Waals surface area contributed by atoms with Crippen molar-refractivity contribution in [3.63, 3.8) is 0 Å². The number of rotatable bonds is 5. The highest BCUT2D eigenvalue weighted by molar-refractivity contribution is 6.04. The monoisotopic (exact) mass is 462 g/mol. The molecule has 0 spiro atoms. The molecule has 1 heterocycles. The minimum absolute atomic E-state index is 0.196. The molecule has 1 amide bonds. The lowest BCUT2D eigenvalue weighted by Gasteiger charge is -2.24. The predicted octanol–water partition coefficient (Wildman–Crippen LogP) is 5.16. The number of nitrogens with two attached hydrogens (primary N) is 1. The van der Waals surface area contributed by atoms with E-state index in [0.29, 0.717) is 22.7 Å². The molecule has 0 aliphatic heterocycles. The van der Waals surface area contributed by atoms with Crippen LogP contribution in [0.25, 0.3) is 0 Å². The summed E-state index contributed by atoms with van der Waals surface area (Å²) in [5.41, 5.74) is 4.72. The van der Waals surface area contributed by atoms with Crippen LogP contribution in [0.2, 0.25) is 0 Å². The maximum absolute atomic E-state index is 13.0. The average molecular weight is 463 g/mol. The number of aliphatic imine (C=N–C) groups is 1. The zero-order valence-corrected chi connectivity index (χ0v) is 18.9. The molecule has 2 aromatic rings. The van der Waals surface area contributed by atoms with Crippen LogP contribution >= 0.6 is 0 Å². The number of nitrogens with zero attached hydrogens (tertiary/aromatic N) is 2. The lowest BCUT2D eigenvalue weighted by atomic mass is 9.88. The van der Waals surface area contributed by atoms with E-state index < -0.39 is 29.1 Å². The minimum Gasteiger partial charge on any atom is -0.398 e. The van der Waals surface area contributed by atoms with Crippen LogP contribution in [0.15, 0.2) is 35.3 Å². The first kappa shape index (κ1) is 24.7. The first-order valence-corrected chi connectivity index (χ1v) is 10.9. The van der Waals surface area contributed by atoms with Gasteiger partial charge in [0.25, 0.3) is 5.91 Å². The molecule has 1 aromatic carbocycles. The topological polar surface area (TPSA) is 101 Å². The van der Waals surface area contributed by atoms with Crippen LogP contribution in [-0.2, 0) is 11.8 Å². The smallest absolute Gasteiger partial charge is 0.398 e. The number of halogens is 3. The van der Waals surface area contributed by atoms with Crippen molar-refractivity contribution in [2.24, 2.45) is 10.9 Å². The molecule has 0 radical (unpaired) electrons. The minimum atomic E-state index is -4.67. The van der Waals surface area contributed by atoms with Crippen molar-refractivity contribution >= 4 is 23.5 Å². The Kier molecular flexibility index (Phi) is 7.11. The maximum atomic E-state index is 13.0. The quantitative estimate of drug-likeness (QED) is 0.422. The number of hydrogen-bond donors (Lipinski definition) is 3. The summed E-state index contributed by atoms with van der Waals surface area (Å²) in [5, 5.41) is 13.2. The van der Waals surface area contributed by atoms with Gasteiger partial charge in [-0.05, 0) is 69.7 Å². The number of carbonyl (C=O) groups excluding carboxylic acids is 1. The van der Waals surface area contributed by atoms with Gasteiger partial charge in [0, 0.05) is 34.8 Å². The van der Waals surface area contributed by atoms with Gasteiger partial charge in [0.1, 0.15) is 11.4 Å². The molecule has 33 heavy (non-hydrogen) atoms. The van der Waals surface area contributed by atoms with E-state index in [4.69, 9.17) is 5.73 Å². The second-order valence-corrected chi connectivity index (χ2v) is 9.14. The van der Waals surface area contributed by atoms with Crippen LogP contribution in [0.5, 0.6) is 0 Å². The summed E-state index contributed by atoms with van der Waals surface area (Å²) >= 11 is 0. The van der Waals surface area contributed by atoms with Gasteiger partial charge in [0.2, 0.25) is 0 Å². The molecule has 6 nitrogen and oxygen atoms in total. The summed E-state index contributed by atoms with van der Waals surface area (Å²) in [6, 6.07) is 6.42. The molecule has 0 atom stereocenters. The molecule has 1 aromatic heterocycles. The number of aliphatic hydroxyl groups is 1. The third-order valence-corrected chi connectivity index (χ3v) is 5.81. The molecule has 1 fully saturated rings. The van der Waals surface area contributed by atoms with E-state index in [-0.39, 0.29) is 11.7 Å². The van der Waals surface area contributed by atoms with Crippen LogP contribution < -0.4 is 11.1 Å². The molecule has 4 N–H and O–H groups in total. The Morgan fingerprint density at radius 1 is 1.21 bits per heavy atom. The van der Waals surface area contributed by atoms with E-state index >= 15 is 0 Å². The first-order chi connectivity index (χ1) is 15.3. The van der Waals surface area contributed by atoms with Gasteiger partial charge in [-0.1, -0.05) is 13.0 Å². The standard InChI is InChI=1S/C24H29F3N4O2/c1-14-7-9-16(10-8-14)29-13-15-11-20(17(12-18(15)28)23(2,3)33)31-22(32)19-5-4-6-21(30-19)24(25,26)27/h4-6,11-14,16,33H,7-10,28H2,1-3H3,(H,31,32). The van der Waals surface area contributed by atoms with E-state index in [0.717, 1.165) is 37.8 Å². The molecule has 9 heteroatoms. The van der Waals surface area contributed by atoms with E-state index in [9.17, 15) is 23.1 Å². The fourth-order valence-electron chi connectivity index (χ4n) is 3.84. The highest BCUT2D eigenvalue weighted by Gasteiger charge is 2.33. The summed E-state index contributed by atoms with van der Waals surface area (Å²) in [6.07, 6.45) is 1.19. The number of aromatic nitrogens is 1. The molecule has 178 valence electrons.